The van der Waals surface area contributed by atoms with Crippen LogP contribution >= 0.6 is 0 Å². The summed E-state index contributed by atoms with van der Waals surface area (Å²) in [6.45, 7) is 7.90. The van der Waals surface area contributed by atoms with Crippen LogP contribution in [0.2, 0.25) is 0 Å². The van der Waals surface area contributed by atoms with Crippen molar-refractivity contribution < 1.29 is 14.4 Å². The summed E-state index contributed by atoms with van der Waals surface area (Å²) in [7, 11) is 0. The number of likely N-dealkylation sites (tertiary alicyclic amines) is 1. The van der Waals surface area contributed by atoms with Gasteiger partial charge >= 0.3 is 0 Å². The molecule has 2 rings (SSSR count). The maximum atomic E-state index is 12.3. The number of nitrogens with one attached hydrogen (secondary N) is 2. The normalized spacial score (nSPS) is 18.0. The van der Waals surface area contributed by atoms with Gasteiger partial charge in [0.25, 0.3) is 5.91 Å². The summed E-state index contributed by atoms with van der Waals surface area (Å²) in [6.07, 6.45) is 0.326. The van der Waals surface area contributed by atoms with Crippen LogP contribution in [-0.2, 0) is 9.59 Å². The first-order valence-corrected chi connectivity index (χ1v) is 7.66. The molecule has 1 aliphatic heterocycles. The highest BCUT2D eigenvalue weighted by molar-refractivity contribution is 5.96. The summed E-state index contributed by atoms with van der Waals surface area (Å²) in [5.41, 5.74) is 0.904. The van der Waals surface area contributed by atoms with Crippen molar-refractivity contribution >= 4 is 23.4 Å². The fourth-order valence-electron chi connectivity index (χ4n) is 2.63. The summed E-state index contributed by atoms with van der Waals surface area (Å²) >= 11 is 0. The molecule has 23 heavy (non-hydrogen) atoms. The molecule has 1 aromatic carbocycles. The molecule has 6 heteroatoms. The van der Waals surface area contributed by atoms with E-state index >= 15 is 0 Å². The van der Waals surface area contributed by atoms with E-state index in [1.165, 1.54) is 6.92 Å². The molecule has 1 heterocycles. The van der Waals surface area contributed by atoms with Gasteiger partial charge in [-0.05, 0) is 45.0 Å². The monoisotopic (exact) mass is 317 g/mol. The van der Waals surface area contributed by atoms with E-state index in [4.69, 9.17) is 0 Å². The molecule has 0 spiro atoms. The van der Waals surface area contributed by atoms with E-state index in [9.17, 15) is 14.4 Å². The Morgan fingerprint density at radius 3 is 2.26 bits per heavy atom. The Morgan fingerprint density at radius 2 is 1.78 bits per heavy atom. The van der Waals surface area contributed by atoms with Crippen LogP contribution < -0.4 is 10.6 Å². The number of carbonyl (C=O) groups excluding carboxylic acids is 3. The fourth-order valence-corrected chi connectivity index (χ4v) is 2.63. The topological polar surface area (TPSA) is 78.5 Å². The quantitative estimate of drug-likeness (QED) is 0.892. The lowest BCUT2D eigenvalue weighted by Crippen LogP contribution is -2.44. The van der Waals surface area contributed by atoms with Crippen molar-refractivity contribution in [2.45, 2.75) is 45.7 Å². The highest BCUT2D eigenvalue weighted by Crippen LogP contribution is 2.22. The molecule has 0 radical (unpaired) electrons. The van der Waals surface area contributed by atoms with Crippen molar-refractivity contribution in [3.63, 3.8) is 0 Å². The first kappa shape index (κ1) is 17.0. The Hall–Kier alpha value is -2.37. The minimum Gasteiger partial charge on any atom is -0.347 e. The maximum Gasteiger partial charge on any atom is 0.251 e. The van der Waals surface area contributed by atoms with Crippen LogP contribution in [0.3, 0.4) is 0 Å². The lowest BCUT2D eigenvalue weighted by molar-refractivity contribution is -0.131. The molecular weight excluding hydrogens is 294 g/mol. The van der Waals surface area contributed by atoms with Gasteiger partial charge in [0.1, 0.15) is 0 Å². The van der Waals surface area contributed by atoms with Crippen molar-refractivity contribution in [2.24, 2.45) is 0 Å². The second-order valence-corrected chi connectivity index (χ2v) is 6.81. The van der Waals surface area contributed by atoms with Crippen LogP contribution in [0.15, 0.2) is 24.3 Å². The van der Waals surface area contributed by atoms with Crippen molar-refractivity contribution in [1.29, 1.82) is 0 Å². The van der Waals surface area contributed by atoms with Crippen LogP contribution in [0.25, 0.3) is 0 Å². The van der Waals surface area contributed by atoms with Crippen molar-refractivity contribution in [3.05, 3.63) is 29.8 Å². The molecule has 1 fully saturated rings. The van der Waals surface area contributed by atoms with Crippen LogP contribution in [0.1, 0.15) is 44.5 Å². The van der Waals surface area contributed by atoms with Gasteiger partial charge in [-0.15, -0.1) is 0 Å². The zero-order chi connectivity index (χ0) is 17.2. The van der Waals surface area contributed by atoms with Gasteiger partial charge in [0.15, 0.2) is 0 Å². The molecule has 0 aromatic heterocycles. The molecule has 1 aromatic rings. The number of carbonyl (C=O) groups is 3. The molecule has 1 aliphatic rings. The van der Waals surface area contributed by atoms with Crippen LogP contribution in [0, 0.1) is 0 Å². The smallest absolute Gasteiger partial charge is 0.251 e. The predicted octanol–water partition coefficient (Wildman–Crippen LogP) is 1.77. The Morgan fingerprint density at radius 1 is 1.17 bits per heavy atom. The Balaban J connectivity index is 1.97. The molecule has 3 amide bonds. The fraction of sp³-hybridized carbons (Fsp3) is 0.471. The van der Waals surface area contributed by atoms with E-state index in [1.807, 2.05) is 20.8 Å². The molecule has 0 bridgehead atoms. The number of anilines is 1. The lowest BCUT2D eigenvalue weighted by Gasteiger charge is -2.32. The van der Waals surface area contributed by atoms with E-state index < -0.39 is 0 Å². The van der Waals surface area contributed by atoms with Gasteiger partial charge in [-0.3, -0.25) is 14.4 Å². The predicted molar refractivity (Wildman–Crippen MR) is 88.1 cm³/mol. The second-order valence-electron chi connectivity index (χ2n) is 6.81. The Kier molecular flexibility index (Phi) is 4.73. The number of nitrogens with zero attached hydrogens (tertiary/aromatic N) is 1. The third-order valence-corrected chi connectivity index (χ3v) is 3.74. The Bertz CT molecular complexity index is 617. The van der Waals surface area contributed by atoms with Gasteiger partial charge < -0.3 is 15.5 Å². The highest BCUT2D eigenvalue weighted by Gasteiger charge is 2.36. The molecule has 0 aliphatic carbocycles. The first-order valence-electron chi connectivity index (χ1n) is 7.66. The number of rotatable bonds is 3. The van der Waals surface area contributed by atoms with E-state index in [2.05, 4.69) is 10.6 Å². The minimum absolute atomic E-state index is 0.0591. The second kappa shape index (κ2) is 6.40. The maximum absolute atomic E-state index is 12.3. The number of amides is 3. The molecule has 1 atom stereocenters. The average Bonchev–Trinajstić information content (AvgIpc) is 2.79. The van der Waals surface area contributed by atoms with E-state index in [0.29, 0.717) is 24.2 Å². The molecule has 124 valence electrons. The van der Waals surface area contributed by atoms with E-state index in [1.54, 1.807) is 29.2 Å². The summed E-state index contributed by atoms with van der Waals surface area (Å²) in [6, 6.07) is 6.48. The number of hydrogen-bond donors (Lipinski definition) is 2. The number of hydrogen-bond acceptors (Lipinski definition) is 3. The summed E-state index contributed by atoms with van der Waals surface area (Å²) < 4.78 is 0. The van der Waals surface area contributed by atoms with Crippen LogP contribution in [0.4, 0.5) is 5.69 Å². The molecule has 1 saturated heterocycles. The van der Waals surface area contributed by atoms with Crippen LogP contribution in [0.5, 0.6) is 0 Å². The largest absolute Gasteiger partial charge is 0.347 e. The van der Waals surface area contributed by atoms with E-state index in [-0.39, 0.29) is 29.3 Å². The summed E-state index contributed by atoms with van der Waals surface area (Å²) in [5.74, 6) is -0.314. The molecule has 2 N–H and O–H groups in total. The van der Waals surface area contributed by atoms with Gasteiger partial charge in [-0.2, -0.15) is 0 Å². The van der Waals surface area contributed by atoms with Gasteiger partial charge in [0, 0.05) is 36.7 Å². The molecular formula is C17H23N3O3. The highest BCUT2D eigenvalue weighted by atomic mass is 16.2. The molecule has 6 nitrogen and oxygen atoms in total. The average molecular weight is 317 g/mol. The van der Waals surface area contributed by atoms with Crippen molar-refractivity contribution in [3.8, 4) is 0 Å². The third-order valence-electron chi connectivity index (χ3n) is 3.74. The Labute approximate surface area is 136 Å². The first-order chi connectivity index (χ1) is 10.7. The van der Waals surface area contributed by atoms with Gasteiger partial charge in [0.2, 0.25) is 11.8 Å². The van der Waals surface area contributed by atoms with E-state index in [0.717, 1.165) is 0 Å². The molecule has 0 saturated carbocycles. The van der Waals surface area contributed by atoms with Crippen molar-refractivity contribution in [1.82, 2.24) is 10.2 Å². The summed E-state index contributed by atoms with van der Waals surface area (Å²) in [4.78, 5) is 37.1. The standard InChI is InChI=1S/C17H23N3O3/c1-11(21)18-13-7-5-12(6-8-13)16(23)19-14-9-15(22)20(10-14)17(2,3)4/h5-8,14H,9-10H2,1-4H3,(H,18,21)(H,19,23). The van der Waals surface area contributed by atoms with Crippen LogP contribution in [-0.4, -0.2) is 40.7 Å². The summed E-state index contributed by atoms with van der Waals surface area (Å²) in [5, 5.41) is 5.55. The number of benzene rings is 1. The van der Waals surface area contributed by atoms with Gasteiger partial charge in [-0.25, -0.2) is 0 Å². The SMILES string of the molecule is CC(=O)Nc1ccc(C(=O)NC2CC(=O)N(C(C)(C)C)C2)cc1. The molecule has 1 unspecified atom stereocenters. The minimum atomic E-state index is -0.240. The zero-order valence-corrected chi connectivity index (χ0v) is 14.0. The lowest BCUT2D eigenvalue weighted by atomic mass is 10.1. The zero-order valence-electron chi connectivity index (χ0n) is 14.0. The van der Waals surface area contributed by atoms with Gasteiger partial charge in [0.05, 0.1) is 6.04 Å². The van der Waals surface area contributed by atoms with Gasteiger partial charge in [-0.1, -0.05) is 0 Å². The third kappa shape index (κ3) is 4.31. The van der Waals surface area contributed by atoms with Crippen molar-refractivity contribution in [2.75, 3.05) is 11.9 Å².